The molecule has 0 unspecified atom stereocenters. The molecule has 2 nitrogen and oxygen atoms in total. The quantitative estimate of drug-likeness (QED) is 0.510. The van der Waals surface area contributed by atoms with E-state index in [4.69, 9.17) is 5.26 Å². The van der Waals surface area contributed by atoms with E-state index in [-0.39, 0.29) is 5.56 Å². The summed E-state index contributed by atoms with van der Waals surface area (Å²) in [5.41, 5.74) is 0.630. The number of hydrogen-bond donors (Lipinski definition) is 0. The van der Waals surface area contributed by atoms with Crippen LogP contribution in [-0.4, -0.2) is 6.29 Å². The van der Waals surface area contributed by atoms with Gasteiger partial charge in [0.2, 0.25) is 0 Å². The predicted molar refractivity (Wildman–Crippen MR) is 46.4 cm³/mol. The number of nitrogens with zero attached hydrogens (tertiary/aromatic N) is 1. The third-order valence-corrected chi connectivity index (χ3v) is 1.49. The van der Waals surface area contributed by atoms with Gasteiger partial charge in [-0.05, 0) is 24.3 Å². The fourth-order valence-corrected chi connectivity index (χ4v) is 0.890. The highest BCUT2D eigenvalue weighted by Gasteiger charge is 1.98. The Kier molecular flexibility index (Phi) is 2.93. The van der Waals surface area contributed by atoms with Crippen molar-refractivity contribution in [1.82, 2.24) is 0 Å². The summed E-state index contributed by atoms with van der Waals surface area (Å²) in [7, 11) is 0. The predicted octanol–water partition coefficient (Wildman–Crippen LogP) is 2.17. The number of nitriles is 1. The van der Waals surface area contributed by atoms with E-state index in [2.05, 4.69) is 0 Å². The van der Waals surface area contributed by atoms with E-state index in [0.29, 0.717) is 11.8 Å². The molecule has 0 heterocycles. The Labute approximate surface area is 74.9 Å². The molecule has 0 amide bonds. The van der Waals surface area contributed by atoms with Gasteiger partial charge in [-0.2, -0.15) is 5.26 Å². The maximum Gasteiger partial charge on any atom is 0.150 e. The van der Waals surface area contributed by atoms with Gasteiger partial charge in [-0.1, -0.05) is 0 Å². The van der Waals surface area contributed by atoms with Crippen LogP contribution in [0.3, 0.4) is 0 Å². The van der Waals surface area contributed by atoms with Crippen molar-refractivity contribution in [3.8, 4) is 6.07 Å². The van der Waals surface area contributed by atoms with Crippen molar-refractivity contribution >= 4 is 12.4 Å². The molecule has 1 rings (SSSR count). The maximum atomic E-state index is 13.0. The zero-order valence-electron chi connectivity index (χ0n) is 6.70. The van der Waals surface area contributed by atoms with Gasteiger partial charge in [-0.15, -0.1) is 0 Å². The molecular weight excluding hydrogens is 169 g/mol. The normalized spacial score (nSPS) is 9.85. The summed E-state index contributed by atoms with van der Waals surface area (Å²) in [6, 6.07) is 5.71. The van der Waals surface area contributed by atoms with Crippen molar-refractivity contribution in [3.63, 3.8) is 0 Å². The van der Waals surface area contributed by atoms with E-state index in [9.17, 15) is 9.18 Å². The molecule has 0 spiro atoms. The lowest BCUT2D eigenvalue weighted by Crippen LogP contribution is -1.85. The average Bonchev–Trinajstić information content (AvgIpc) is 2.17. The topological polar surface area (TPSA) is 40.9 Å². The van der Waals surface area contributed by atoms with Crippen LogP contribution in [0.5, 0.6) is 0 Å². The monoisotopic (exact) mass is 175 g/mol. The molecule has 0 aliphatic heterocycles. The summed E-state index contributed by atoms with van der Waals surface area (Å²) in [4.78, 5) is 10.3. The van der Waals surface area contributed by atoms with Gasteiger partial charge < -0.3 is 0 Å². The highest BCUT2D eigenvalue weighted by Crippen LogP contribution is 2.10. The molecule has 0 saturated carbocycles. The van der Waals surface area contributed by atoms with Crippen LogP contribution in [0.15, 0.2) is 24.3 Å². The van der Waals surface area contributed by atoms with Crippen molar-refractivity contribution in [2.75, 3.05) is 0 Å². The molecule has 0 aromatic heterocycles. The summed E-state index contributed by atoms with van der Waals surface area (Å²) in [6.45, 7) is 0. The van der Waals surface area contributed by atoms with Gasteiger partial charge in [-0.25, -0.2) is 4.39 Å². The van der Waals surface area contributed by atoms with Crippen LogP contribution in [0.25, 0.3) is 6.08 Å². The van der Waals surface area contributed by atoms with Crippen LogP contribution in [0.4, 0.5) is 4.39 Å². The number of benzene rings is 1. The Morgan fingerprint density at radius 1 is 1.46 bits per heavy atom. The number of carbonyl (C=O) groups is 1. The largest absolute Gasteiger partial charge is 0.298 e. The summed E-state index contributed by atoms with van der Waals surface area (Å²) in [5, 5.41) is 8.22. The summed E-state index contributed by atoms with van der Waals surface area (Å²) >= 11 is 0. The smallest absolute Gasteiger partial charge is 0.150 e. The number of carbonyl (C=O) groups excluding carboxylic acids is 1. The van der Waals surface area contributed by atoms with Crippen molar-refractivity contribution < 1.29 is 9.18 Å². The van der Waals surface area contributed by atoms with Gasteiger partial charge in [-0.3, -0.25) is 4.79 Å². The van der Waals surface area contributed by atoms with E-state index in [1.54, 1.807) is 6.07 Å². The number of hydrogen-bond acceptors (Lipinski definition) is 2. The molecule has 0 radical (unpaired) electrons. The first-order valence-corrected chi connectivity index (χ1v) is 3.59. The summed E-state index contributed by atoms with van der Waals surface area (Å²) in [6.07, 6.45) is 3.11. The molecule has 0 saturated heterocycles. The standard InChI is InChI=1S/C10H6FNO/c11-10-4-3-8(7-13)6-9(10)2-1-5-12/h1-4,6-7H. The van der Waals surface area contributed by atoms with E-state index < -0.39 is 5.82 Å². The molecule has 1 aromatic rings. The molecule has 0 aliphatic rings. The van der Waals surface area contributed by atoms with Gasteiger partial charge in [0.1, 0.15) is 12.1 Å². The third kappa shape index (κ3) is 2.24. The first-order valence-electron chi connectivity index (χ1n) is 3.59. The molecule has 0 bridgehead atoms. The Balaban J connectivity index is 3.12. The van der Waals surface area contributed by atoms with Crippen LogP contribution >= 0.6 is 0 Å². The first kappa shape index (κ1) is 9.14. The molecule has 0 atom stereocenters. The Morgan fingerprint density at radius 3 is 2.85 bits per heavy atom. The second-order valence-electron chi connectivity index (χ2n) is 2.36. The van der Waals surface area contributed by atoms with Crippen LogP contribution < -0.4 is 0 Å². The van der Waals surface area contributed by atoms with Gasteiger partial charge >= 0.3 is 0 Å². The van der Waals surface area contributed by atoms with E-state index in [1.807, 2.05) is 0 Å². The number of allylic oxidation sites excluding steroid dienone is 1. The summed E-state index contributed by atoms with van der Waals surface area (Å²) in [5.74, 6) is -0.447. The van der Waals surface area contributed by atoms with Gasteiger partial charge in [0, 0.05) is 17.2 Å². The SMILES string of the molecule is N#CC=Cc1cc(C=O)ccc1F. The Bertz CT molecular complexity index is 390. The fraction of sp³-hybridized carbons (Fsp3) is 0. The number of rotatable bonds is 2. The van der Waals surface area contributed by atoms with E-state index in [1.165, 1.54) is 24.3 Å². The zero-order valence-corrected chi connectivity index (χ0v) is 6.70. The highest BCUT2D eigenvalue weighted by molar-refractivity contribution is 5.76. The first-order chi connectivity index (χ1) is 6.27. The fourth-order valence-electron chi connectivity index (χ4n) is 0.890. The van der Waals surface area contributed by atoms with Crippen molar-refractivity contribution in [2.24, 2.45) is 0 Å². The molecular formula is C10H6FNO. The third-order valence-electron chi connectivity index (χ3n) is 1.49. The van der Waals surface area contributed by atoms with Crippen molar-refractivity contribution in [1.29, 1.82) is 5.26 Å². The number of halogens is 1. The molecule has 13 heavy (non-hydrogen) atoms. The van der Waals surface area contributed by atoms with E-state index in [0.717, 1.165) is 6.08 Å². The number of aldehydes is 1. The average molecular weight is 175 g/mol. The van der Waals surface area contributed by atoms with Crippen LogP contribution in [0.1, 0.15) is 15.9 Å². The van der Waals surface area contributed by atoms with Crippen LogP contribution in [0, 0.1) is 17.1 Å². The Hall–Kier alpha value is -1.95. The zero-order chi connectivity index (χ0) is 9.68. The lowest BCUT2D eigenvalue weighted by molar-refractivity contribution is 0.112. The molecule has 0 N–H and O–H groups in total. The Morgan fingerprint density at radius 2 is 2.23 bits per heavy atom. The lowest BCUT2D eigenvalue weighted by Gasteiger charge is -1.96. The maximum absolute atomic E-state index is 13.0. The minimum atomic E-state index is -0.447. The van der Waals surface area contributed by atoms with Gasteiger partial charge in [0.05, 0.1) is 6.07 Å². The highest BCUT2D eigenvalue weighted by atomic mass is 19.1. The van der Waals surface area contributed by atoms with Crippen molar-refractivity contribution in [3.05, 3.63) is 41.2 Å². The second-order valence-corrected chi connectivity index (χ2v) is 2.36. The molecule has 3 heteroatoms. The van der Waals surface area contributed by atoms with E-state index >= 15 is 0 Å². The minimum Gasteiger partial charge on any atom is -0.298 e. The van der Waals surface area contributed by atoms with Crippen molar-refractivity contribution in [2.45, 2.75) is 0 Å². The minimum absolute atomic E-state index is 0.242. The lowest BCUT2D eigenvalue weighted by atomic mass is 10.1. The summed E-state index contributed by atoms with van der Waals surface area (Å²) < 4.78 is 13.0. The second kappa shape index (κ2) is 4.17. The molecule has 1 aromatic carbocycles. The van der Waals surface area contributed by atoms with Crippen LogP contribution in [-0.2, 0) is 0 Å². The van der Waals surface area contributed by atoms with Gasteiger partial charge in [0.15, 0.2) is 0 Å². The molecule has 0 aliphatic carbocycles. The molecule has 0 fully saturated rings. The van der Waals surface area contributed by atoms with Gasteiger partial charge in [0.25, 0.3) is 0 Å². The van der Waals surface area contributed by atoms with Crippen LogP contribution in [0.2, 0.25) is 0 Å². The molecule has 64 valence electrons.